The van der Waals surface area contributed by atoms with E-state index in [0.29, 0.717) is 6.20 Å². The Morgan fingerprint density at radius 2 is 1.78 bits per heavy atom. The lowest BCUT2D eigenvalue weighted by molar-refractivity contribution is -0.137. The Labute approximate surface area is 111 Å². The van der Waals surface area contributed by atoms with E-state index < -0.39 is 22.7 Å². The zero-order valence-electron chi connectivity index (χ0n) is 8.52. The van der Waals surface area contributed by atoms with Gasteiger partial charge in [0.25, 0.3) is 0 Å². The van der Waals surface area contributed by atoms with Gasteiger partial charge in [-0.3, -0.25) is 0 Å². The van der Waals surface area contributed by atoms with Crippen LogP contribution in [-0.2, 0) is 6.18 Å². The molecule has 0 fully saturated rings. The largest absolute Gasteiger partial charge is 0.417 e. The van der Waals surface area contributed by atoms with Crippen molar-refractivity contribution in [3.8, 4) is 0 Å². The SMILES string of the molecule is FC(F)(F)c1ccc(SCC(Br)C(F)(F)F)nc1. The van der Waals surface area contributed by atoms with Gasteiger partial charge in [-0.15, -0.1) is 11.8 Å². The Morgan fingerprint density at radius 3 is 2.17 bits per heavy atom. The van der Waals surface area contributed by atoms with E-state index >= 15 is 0 Å². The second-order valence-corrected chi connectivity index (χ2v) is 5.35. The normalized spacial score (nSPS) is 14.6. The van der Waals surface area contributed by atoms with Gasteiger partial charge in [0.15, 0.2) is 0 Å². The van der Waals surface area contributed by atoms with Crippen LogP contribution in [0.4, 0.5) is 26.3 Å². The maximum atomic E-state index is 12.2. The minimum atomic E-state index is -4.50. The Hall–Kier alpha value is -0.440. The maximum absolute atomic E-state index is 12.2. The van der Waals surface area contributed by atoms with Gasteiger partial charge < -0.3 is 0 Å². The third-order valence-corrected chi connectivity index (χ3v) is 4.11. The van der Waals surface area contributed by atoms with Crippen LogP contribution in [0.25, 0.3) is 0 Å². The topological polar surface area (TPSA) is 12.9 Å². The lowest BCUT2D eigenvalue weighted by atomic mass is 10.3. The minimum absolute atomic E-state index is 0.108. The fraction of sp³-hybridized carbons (Fsp3) is 0.444. The molecule has 0 aliphatic carbocycles. The van der Waals surface area contributed by atoms with Gasteiger partial charge >= 0.3 is 12.4 Å². The molecule has 1 aromatic heterocycles. The standard InChI is InChI=1S/C9H6BrF6NS/c10-6(9(14,15)16)4-18-7-2-1-5(3-17-7)8(11,12)13/h1-3,6H,4H2. The number of halogens is 7. The highest BCUT2D eigenvalue weighted by Crippen LogP contribution is 2.32. The van der Waals surface area contributed by atoms with Crippen molar-refractivity contribution in [3.05, 3.63) is 23.9 Å². The summed E-state index contributed by atoms with van der Waals surface area (Å²) in [6.07, 6.45) is -8.29. The number of hydrogen-bond acceptors (Lipinski definition) is 2. The van der Waals surface area contributed by atoms with Crippen LogP contribution in [0, 0.1) is 0 Å². The van der Waals surface area contributed by atoms with Crippen LogP contribution in [0.15, 0.2) is 23.4 Å². The fourth-order valence-corrected chi connectivity index (χ4v) is 2.08. The fourth-order valence-electron chi connectivity index (χ4n) is 0.886. The summed E-state index contributed by atoms with van der Waals surface area (Å²) >= 11 is 3.18. The van der Waals surface area contributed by atoms with E-state index in [2.05, 4.69) is 20.9 Å². The number of pyridine rings is 1. The predicted molar refractivity (Wildman–Crippen MR) is 58.7 cm³/mol. The average Bonchev–Trinajstić information content (AvgIpc) is 2.24. The third-order valence-electron chi connectivity index (χ3n) is 1.80. The maximum Gasteiger partial charge on any atom is 0.417 e. The van der Waals surface area contributed by atoms with E-state index in [1.54, 1.807) is 0 Å². The summed E-state index contributed by atoms with van der Waals surface area (Å²) in [6, 6.07) is 1.83. The van der Waals surface area contributed by atoms with Gasteiger partial charge in [-0.05, 0) is 12.1 Å². The molecular formula is C9H6BrF6NS. The molecule has 0 saturated heterocycles. The lowest BCUT2D eigenvalue weighted by Gasteiger charge is -2.13. The zero-order chi connectivity index (χ0) is 14.0. The van der Waals surface area contributed by atoms with Crippen LogP contribution in [0.3, 0.4) is 0 Å². The molecule has 0 bridgehead atoms. The van der Waals surface area contributed by atoms with Crippen LogP contribution in [0.1, 0.15) is 5.56 Å². The summed E-state index contributed by atoms with van der Waals surface area (Å²) in [4.78, 5) is 1.73. The third kappa shape index (κ3) is 4.68. The van der Waals surface area contributed by atoms with Crippen molar-refractivity contribution in [1.82, 2.24) is 4.98 Å². The van der Waals surface area contributed by atoms with Crippen LogP contribution in [-0.4, -0.2) is 21.7 Å². The Balaban J connectivity index is 2.60. The summed E-state index contributed by atoms with van der Waals surface area (Å²) in [5.41, 5.74) is -0.932. The monoisotopic (exact) mass is 353 g/mol. The summed E-state index contributed by atoms with van der Waals surface area (Å²) in [5, 5.41) is 0.108. The molecule has 0 amide bonds. The first kappa shape index (κ1) is 15.6. The van der Waals surface area contributed by atoms with Gasteiger partial charge in [-0.25, -0.2) is 4.98 Å². The second kappa shape index (κ2) is 5.68. The van der Waals surface area contributed by atoms with Gasteiger partial charge in [0.2, 0.25) is 0 Å². The molecule has 1 heterocycles. The van der Waals surface area contributed by atoms with Crippen molar-refractivity contribution < 1.29 is 26.3 Å². The molecule has 18 heavy (non-hydrogen) atoms. The molecule has 1 aromatic rings. The molecule has 1 nitrogen and oxygen atoms in total. The van der Waals surface area contributed by atoms with E-state index in [1.165, 1.54) is 0 Å². The number of aromatic nitrogens is 1. The molecule has 0 N–H and O–H groups in total. The highest BCUT2D eigenvalue weighted by Gasteiger charge is 2.37. The summed E-state index contributed by atoms with van der Waals surface area (Å²) in [5.74, 6) is -0.359. The molecule has 0 saturated carbocycles. The quantitative estimate of drug-likeness (QED) is 0.450. The number of rotatable bonds is 3. The minimum Gasteiger partial charge on any atom is -0.249 e. The van der Waals surface area contributed by atoms with Crippen molar-refractivity contribution in [1.29, 1.82) is 0 Å². The van der Waals surface area contributed by atoms with Crippen LogP contribution < -0.4 is 0 Å². The molecule has 9 heteroatoms. The smallest absolute Gasteiger partial charge is 0.249 e. The number of alkyl halides is 7. The van der Waals surface area contributed by atoms with Crippen LogP contribution in [0.2, 0.25) is 0 Å². The van der Waals surface area contributed by atoms with Crippen molar-refractivity contribution >= 4 is 27.7 Å². The van der Waals surface area contributed by atoms with E-state index in [4.69, 9.17) is 0 Å². The molecule has 102 valence electrons. The molecule has 0 radical (unpaired) electrons. The van der Waals surface area contributed by atoms with Gasteiger partial charge in [-0.1, -0.05) is 15.9 Å². The summed E-state index contributed by atoms with van der Waals surface area (Å²) in [6.45, 7) is 0. The Morgan fingerprint density at radius 1 is 1.17 bits per heavy atom. The molecular weight excluding hydrogens is 348 g/mol. The van der Waals surface area contributed by atoms with Crippen LogP contribution in [0.5, 0.6) is 0 Å². The predicted octanol–water partition coefficient (Wildman–Crippen LogP) is 4.52. The van der Waals surface area contributed by atoms with Crippen molar-refractivity contribution in [2.75, 3.05) is 5.75 Å². The van der Waals surface area contributed by atoms with Gasteiger partial charge in [-0.2, -0.15) is 26.3 Å². The van der Waals surface area contributed by atoms with Crippen molar-refractivity contribution in [2.24, 2.45) is 0 Å². The first-order valence-electron chi connectivity index (χ1n) is 4.47. The Bertz CT molecular complexity index is 388. The second-order valence-electron chi connectivity index (χ2n) is 3.20. The number of nitrogens with zero attached hydrogens (tertiary/aromatic N) is 1. The molecule has 0 aliphatic heterocycles. The summed E-state index contributed by atoms with van der Waals surface area (Å²) < 4.78 is 73.0. The lowest BCUT2D eigenvalue weighted by Crippen LogP contribution is -2.24. The van der Waals surface area contributed by atoms with Crippen molar-refractivity contribution in [2.45, 2.75) is 22.2 Å². The molecule has 1 unspecified atom stereocenters. The highest BCUT2D eigenvalue weighted by atomic mass is 79.9. The van der Waals surface area contributed by atoms with Gasteiger partial charge in [0.1, 0.15) is 4.83 Å². The zero-order valence-corrected chi connectivity index (χ0v) is 10.9. The van der Waals surface area contributed by atoms with E-state index in [1.807, 2.05) is 0 Å². The highest BCUT2D eigenvalue weighted by molar-refractivity contribution is 9.09. The molecule has 0 spiro atoms. The average molecular weight is 354 g/mol. The molecule has 0 aromatic carbocycles. The molecule has 0 aliphatic rings. The molecule has 1 atom stereocenters. The van der Waals surface area contributed by atoms with Gasteiger partial charge in [0, 0.05) is 11.9 Å². The van der Waals surface area contributed by atoms with E-state index in [-0.39, 0.29) is 10.8 Å². The molecule has 1 rings (SSSR count). The number of thioether (sulfide) groups is 1. The van der Waals surface area contributed by atoms with Gasteiger partial charge in [0.05, 0.1) is 10.6 Å². The first-order valence-corrected chi connectivity index (χ1v) is 6.37. The number of hydrogen-bond donors (Lipinski definition) is 0. The Kier molecular flexibility index (Phi) is 4.93. The van der Waals surface area contributed by atoms with E-state index in [0.717, 1.165) is 23.9 Å². The van der Waals surface area contributed by atoms with Crippen LogP contribution >= 0.6 is 27.7 Å². The summed E-state index contributed by atoms with van der Waals surface area (Å²) in [7, 11) is 0. The first-order chi connectivity index (χ1) is 8.10. The van der Waals surface area contributed by atoms with Crippen molar-refractivity contribution in [3.63, 3.8) is 0 Å². The van der Waals surface area contributed by atoms with E-state index in [9.17, 15) is 26.3 Å².